The summed E-state index contributed by atoms with van der Waals surface area (Å²) in [4.78, 5) is 15.5. The lowest BCUT2D eigenvalue weighted by Crippen LogP contribution is -2.26. The zero-order valence-corrected chi connectivity index (χ0v) is 9.68. The molecule has 0 radical (unpaired) electrons. The van der Waals surface area contributed by atoms with Crippen LogP contribution in [0.25, 0.3) is 11.2 Å². The molecule has 0 aromatic carbocycles. The first-order valence-electron chi connectivity index (χ1n) is 5.83. The van der Waals surface area contributed by atoms with Crippen molar-refractivity contribution < 1.29 is 4.74 Å². The minimum absolute atomic E-state index is 0.332. The molecule has 3 heterocycles. The van der Waals surface area contributed by atoms with Gasteiger partial charge in [0.15, 0.2) is 11.5 Å². The van der Waals surface area contributed by atoms with Crippen LogP contribution in [-0.2, 0) is 4.74 Å². The molecule has 6 heteroatoms. The second kappa shape index (κ2) is 4.29. The van der Waals surface area contributed by atoms with E-state index in [0.717, 1.165) is 31.0 Å². The van der Waals surface area contributed by atoms with Gasteiger partial charge in [0, 0.05) is 18.6 Å². The summed E-state index contributed by atoms with van der Waals surface area (Å²) in [6, 6.07) is 0.332. The monoisotopic (exact) mass is 233 g/mol. The summed E-state index contributed by atoms with van der Waals surface area (Å²) in [7, 11) is 0. The minimum Gasteiger partial charge on any atom is -0.381 e. The highest BCUT2D eigenvalue weighted by molar-refractivity contribution is 5.82. The number of ether oxygens (including phenoxy) is 1. The quantitative estimate of drug-likeness (QED) is 0.832. The van der Waals surface area contributed by atoms with Gasteiger partial charge in [-0.25, -0.2) is 15.0 Å². The Balaban J connectivity index is 1.81. The average Bonchev–Trinajstić information content (AvgIpc) is 3.00. The molecule has 0 spiro atoms. The third kappa shape index (κ3) is 1.95. The molecule has 0 saturated carbocycles. The van der Waals surface area contributed by atoms with Crippen molar-refractivity contribution in [3.05, 3.63) is 12.7 Å². The first-order valence-corrected chi connectivity index (χ1v) is 5.83. The van der Waals surface area contributed by atoms with Gasteiger partial charge in [-0.05, 0) is 13.3 Å². The van der Waals surface area contributed by atoms with Crippen LogP contribution < -0.4 is 5.32 Å². The Morgan fingerprint density at radius 1 is 1.47 bits per heavy atom. The highest BCUT2D eigenvalue weighted by Crippen LogP contribution is 2.21. The highest BCUT2D eigenvalue weighted by Gasteiger charge is 2.23. The fraction of sp³-hybridized carbons (Fsp3) is 0.545. The number of H-pyrrole nitrogens is 1. The molecular weight excluding hydrogens is 218 g/mol. The lowest BCUT2D eigenvalue weighted by Gasteiger charge is -2.19. The van der Waals surface area contributed by atoms with E-state index < -0.39 is 0 Å². The van der Waals surface area contributed by atoms with Gasteiger partial charge in [0.25, 0.3) is 0 Å². The van der Waals surface area contributed by atoms with Crippen molar-refractivity contribution in [2.24, 2.45) is 5.92 Å². The molecule has 0 amide bonds. The Labute approximate surface area is 98.8 Å². The standard InChI is InChI=1S/C11H15N5O/c1-7(8-2-3-17-4-8)16-11-9-10(13-5-12-9)14-6-15-11/h5-8H,2-4H2,1H3,(H2,12,13,14,15,16). The number of hydrogen-bond acceptors (Lipinski definition) is 5. The van der Waals surface area contributed by atoms with Crippen molar-refractivity contribution in [1.82, 2.24) is 19.9 Å². The van der Waals surface area contributed by atoms with E-state index in [1.807, 2.05) is 0 Å². The number of anilines is 1. The highest BCUT2D eigenvalue weighted by atomic mass is 16.5. The molecule has 2 N–H and O–H groups in total. The number of nitrogens with zero attached hydrogens (tertiary/aromatic N) is 3. The molecule has 17 heavy (non-hydrogen) atoms. The number of rotatable bonds is 3. The van der Waals surface area contributed by atoms with Crippen LogP contribution in [0.15, 0.2) is 12.7 Å². The summed E-state index contributed by atoms with van der Waals surface area (Å²) in [6.45, 7) is 3.84. The molecule has 1 aliphatic heterocycles. The van der Waals surface area contributed by atoms with Gasteiger partial charge in [-0.2, -0.15) is 0 Å². The number of fused-ring (bicyclic) bond motifs is 1. The van der Waals surface area contributed by atoms with Crippen molar-refractivity contribution in [2.45, 2.75) is 19.4 Å². The molecule has 1 aliphatic rings. The fourth-order valence-electron chi connectivity index (χ4n) is 2.16. The number of nitrogens with one attached hydrogen (secondary N) is 2. The van der Waals surface area contributed by atoms with E-state index in [2.05, 4.69) is 32.2 Å². The van der Waals surface area contributed by atoms with Crippen molar-refractivity contribution in [3.8, 4) is 0 Å². The topological polar surface area (TPSA) is 75.7 Å². The van der Waals surface area contributed by atoms with Gasteiger partial charge in [0.1, 0.15) is 11.8 Å². The van der Waals surface area contributed by atoms with Crippen LogP contribution in [0.3, 0.4) is 0 Å². The Morgan fingerprint density at radius 3 is 3.24 bits per heavy atom. The number of aromatic nitrogens is 4. The minimum atomic E-state index is 0.332. The largest absolute Gasteiger partial charge is 0.381 e. The number of hydrogen-bond donors (Lipinski definition) is 2. The number of imidazole rings is 1. The molecular formula is C11H15N5O. The van der Waals surface area contributed by atoms with E-state index in [-0.39, 0.29) is 0 Å². The molecule has 1 saturated heterocycles. The maximum atomic E-state index is 5.40. The molecule has 90 valence electrons. The molecule has 0 bridgehead atoms. The van der Waals surface area contributed by atoms with Crippen LogP contribution in [0.1, 0.15) is 13.3 Å². The van der Waals surface area contributed by atoms with Crippen LogP contribution >= 0.6 is 0 Å². The first-order chi connectivity index (χ1) is 8.34. The summed E-state index contributed by atoms with van der Waals surface area (Å²) < 4.78 is 5.40. The average molecular weight is 233 g/mol. The molecule has 2 unspecified atom stereocenters. The zero-order chi connectivity index (χ0) is 11.7. The number of aromatic amines is 1. The van der Waals surface area contributed by atoms with Crippen molar-refractivity contribution >= 4 is 17.0 Å². The molecule has 2 aromatic heterocycles. The van der Waals surface area contributed by atoms with Gasteiger partial charge in [-0.3, -0.25) is 0 Å². The van der Waals surface area contributed by atoms with E-state index >= 15 is 0 Å². The van der Waals surface area contributed by atoms with Crippen molar-refractivity contribution in [2.75, 3.05) is 18.5 Å². The van der Waals surface area contributed by atoms with Gasteiger partial charge in [-0.1, -0.05) is 0 Å². The van der Waals surface area contributed by atoms with Gasteiger partial charge in [0.2, 0.25) is 0 Å². The second-order valence-electron chi connectivity index (χ2n) is 4.38. The third-order valence-electron chi connectivity index (χ3n) is 3.26. The molecule has 3 rings (SSSR count). The first kappa shape index (κ1) is 10.5. The summed E-state index contributed by atoms with van der Waals surface area (Å²) in [5.41, 5.74) is 1.55. The van der Waals surface area contributed by atoms with Crippen LogP contribution in [0.5, 0.6) is 0 Å². The lowest BCUT2D eigenvalue weighted by atomic mass is 10.0. The predicted molar refractivity (Wildman–Crippen MR) is 63.7 cm³/mol. The van der Waals surface area contributed by atoms with Crippen LogP contribution in [0.4, 0.5) is 5.82 Å². The maximum Gasteiger partial charge on any atom is 0.182 e. The Morgan fingerprint density at radius 2 is 2.41 bits per heavy atom. The van der Waals surface area contributed by atoms with Crippen LogP contribution in [0, 0.1) is 5.92 Å². The van der Waals surface area contributed by atoms with E-state index in [4.69, 9.17) is 4.74 Å². The summed E-state index contributed by atoms with van der Waals surface area (Å²) in [5, 5.41) is 3.41. The lowest BCUT2D eigenvalue weighted by molar-refractivity contribution is 0.183. The second-order valence-corrected chi connectivity index (χ2v) is 4.38. The molecule has 1 fully saturated rings. The predicted octanol–water partition coefficient (Wildman–Crippen LogP) is 1.19. The zero-order valence-electron chi connectivity index (χ0n) is 9.68. The van der Waals surface area contributed by atoms with E-state index in [9.17, 15) is 0 Å². The van der Waals surface area contributed by atoms with Gasteiger partial charge < -0.3 is 15.0 Å². The Bertz CT molecular complexity index is 505. The molecule has 6 nitrogen and oxygen atoms in total. The smallest absolute Gasteiger partial charge is 0.182 e. The van der Waals surface area contributed by atoms with E-state index in [1.165, 1.54) is 6.33 Å². The van der Waals surface area contributed by atoms with Gasteiger partial charge in [-0.15, -0.1) is 0 Å². The fourth-order valence-corrected chi connectivity index (χ4v) is 2.16. The summed E-state index contributed by atoms with van der Waals surface area (Å²) in [6.07, 6.45) is 4.27. The SMILES string of the molecule is CC(Nc1ncnc2nc[nH]c12)C1CCOC1. The van der Waals surface area contributed by atoms with Gasteiger partial charge >= 0.3 is 0 Å². The summed E-state index contributed by atoms with van der Waals surface area (Å²) >= 11 is 0. The van der Waals surface area contributed by atoms with Crippen LogP contribution in [-0.4, -0.2) is 39.2 Å². The molecule has 2 aromatic rings. The Kier molecular flexibility index (Phi) is 2.64. The third-order valence-corrected chi connectivity index (χ3v) is 3.26. The molecule has 0 aliphatic carbocycles. The van der Waals surface area contributed by atoms with E-state index in [0.29, 0.717) is 17.6 Å². The maximum absolute atomic E-state index is 5.40. The summed E-state index contributed by atoms with van der Waals surface area (Å²) in [5.74, 6) is 1.36. The van der Waals surface area contributed by atoms with Crippen molar-refractivity contribution in [1.29, 1.82) is 0 Å². The van der Waals surface area contributed by atoms with Crippen LogP contribution in [0.2, 0.25) is 0 Å². The normalized spacial score (nSPS) is 21.8. The van der Waals surface area contributed by atoms with Gasteiger partial charge in [0.05, 0.1) is 12.9 Å². The van der Waals surface area contributed by atoms with E-state index in [1.54, 1.807) is 6.33 Å². The molecule has 2 atom stereocenters. The Hall–Kier alpha value is -1.69. The van der Waals surface area contributed by atoms with Crippen molar-refractivity contribution in [3.63, 3.8) is 0 Å².